The molecule has 9 heavy (non-hydrogen) atoms. The summed E-state index contributed by atoms with van der Waals surface area (Å²) >= 11 is 0.745. The van der Waals surface area contributed by atoms with E-state index in [2.05, 4.69) is 5.32 Å². The number of rotatable bonds is 1. The predicted octanol–water partition coefficient (Wildman–Crippen LogP) is -0.940. The summed E-state index contributed by atoms with van der Waals surface area (Å²) in [6.07, 6.45) is 0. The molecular formula is C3H5N3O2S. The number of urea groups is 1. The zero-order chi connectivity index (χ0) is 6.85. The van der Waals surface area contributed by atoms with E-state index < -0.39 is 6.03 Å². The normalized spacial score (nSPS) is 18.6. The van der Waals surface area contributed by atoms with Gasteiger partial charge in [0.1, 0.15) is 6.54 Å². The maximum Gasteiger partial charge on any atom is 0.335 e. The van der Waals surface area contributed by atoms with Gasteiger partial charge in [0.05, 0.1) is 0 Å². The summed E-state index contributed by atoms with van der Waals surface area (Å²) in [7, 11) is 0. The number of amides is 3. The maximum atomic E-state index is 10.5. The highest BCUT2D eigenvalue weighted by Crippen LogP contribution is 2.05. The van der Waals surface area contributed by atoms with E-state index in [1.54, 1.807) is 0 Å². The Morgan fingerprint density at radius 3 is 2.56 bits per heavy atom. The van der Waals surface area contributed by atoms with Crippen LogP contribution in [0.4, 0.5) is 4.79 Å². The lowest BCUT2D eigenvalue weighted by atomic mass is 10.7. The van der Waals surface area contributed by atoms with Gasteiger partial charge >= 0.3 is 6.03 Å². The van der Waals surface area contributed by atoms with Crippen LogP contribution in [0.1, 0.15) is 0 Å². The molecule has 1 aliphatic heterocycles. The summed E-state index contributed by atoms with van der Waals surface area (Å²) < 4.78 is 1.14. The van der Waals surface area contributed by atoms with Gasteiger partial charge in [-0.1, -0.05) is 0 Å². The minimum Gasteiger partial charge on any atom is -0.276 e. The summed E-state index contributed by atoms with van der Waals surface area (Å²) in [4.78, 5) is 20.9. The van der Waals surface area contributed by atoms with Crippen molar-refractivity contribution in [1.82, 2.24) is 9.62 Å². The van der Waals surface area contributed by atoms with Crippen molar-refractivity contribution in [2.75, 3.05) is 6.54 Å². The van der Waals surface area contributed by atoms with Crippen molar-refractivity contribution in [3.05, 3.63) is 0 Å². The molecule has 0 spiro atoms. The summed E-state index contributed by atoms with van der Waals surface area (Å²) in [6, 6.07) is -0.437. The van der Waals surface area contributed by atoms with Gasteiger partial charge in [-0.15, -0.1) is 0 Å². The summed E-state index contributed by atoms with van der Waals surface area (Å²) in [6.45, 7) is 0.0556. The van der Waals surface area contributed by atoms with Crippen molar-refractivity contribution in [2.24, 2.45) is 5.14 Å². The Bertz CT molecular complexity index is 159. The van der Waals surface area contributed by atoms with Crippen LogP contribution in [0.15, 0.2) is 0 Å². The van der Waals surface area contributed by atoms with E-state index in [1.165, 1.54) is 0 Å². The summed E-state index contributed by atoms with van der Waals surface area (Å²) in [5.74, 6) is -0.307. The highest BCUT2D eigenvalue weighted by molar-refractivity contribution is 7.95. The molecule has 3 amide bonds. The molecule has 0 radical (unpaired) electrons. The van der Waals surface area contributed by atoms with Gasteiger partial charge in [0, 0.05) is 12.1 Å². The van der Waals surface area contributed by atoms with E-state index in [4.69, 9.17) is 5.14 Å². The molecule has 0 atom stereocenters. The van der Waals surface area contributed by atoms with E-state index in [1.807, 2.05) is 0 Å². The quantitative estimate of drug-likeness (QED) is 0.371. The smallest absolute Gasteiger partial charge is 0.276 e. The molecular weight excluding hydrogens is 142 g/mol. The lowest BCUT2D eigenvalue weighted by molar-refractivity contribution is -0.118. The fourth-order valence-corrected chi connectivity index (χ4v) is 0.842. The predicted molar refractivity (Wildman–Crippen MR) is 32.0 cm³/mol. The molecule has 0 aromatic heterocycles. The molecule has 0 unspecified atom stereocenters. The zero-order valence-corrected chi connectivity index (χ0v) is 5.27. The Morgan fingerprint density at radius 1 is 1.67 bits per heavy atom. The van der Waals surface area contributed by atoms with Crippen molar-refractivity contribution in [3.8, 4) is 0 Å². The molecule has 1 saturated heterocycles. The Kier molecular flexibility index (Phi) is 1.58. The average Bonchev–Trinajstić information content (AvgIpc) is 2.10. The van der Waals surface area contributed by atoms with Crippen LogP contribution < -0.4 is 10.5 Å². The van der Waals surface area contributed by atoms with Gasteiger partial charge in [0.15, 0.2) is 0 Å². The number of hydrogen-bond acceptors (Lipinski definition) is 4. The number of nitrogens with one attached hydrogen (secondary N) is 1. The molecule has 0 aromatic rings. The van der Waals surface area contributed by atoms with Gasteiger partial charge in [0.2, 0.25) is 5.91 Å². The Labute approximate surface area is 55.8 Å². The second-order valence-corrected chi connectivity index (χ2v) is 2.15. The minimum absolute atomic E-state index is 0.0556. The number of imide groups is 1. The SMILES string of the molecule is NSN1CC(=O)NC1=O. The highest BCUT2D eigenvalue weighted by atomic mass is 32.2. The van der Waals surface area contributed by atoms with Crippen LogP contribution in [-0.4, -0.2) is 22.8 Å². The Balaban J connectivity index is 2.58. The lowest BCUT2D eigenvalue weighted by Crippen LogP contribution is -2.24. The van der Waals surface area contributed by atoms with E-state index in [9.17, 15) is 9.59 Å². The second kappa shape index (κ2) is 2.24. The average molecular weight is 147 g/mol. The minimum atomic E-state index is -0.437. The van der Waals surface area contributed by atoms with Crippen LogP contribution in [0.5, 0.6) is 0 Å². The third kappa shape index (κ3) is 1.14. The topological polar surface area (TPSA) is 75.4 Å². The van der Waals surface area contributed by atoms with Gasteiger partial charge in [-0.3, -0.25) is 15.3 Å². The monoisotopic (exact) mass is 147 g/mol. The van der Waals surface area contributed by atoms with Gasteiger partial charge in [-0.05, 0) is 0 Å². The first-order chi connectivity index (χ1) is 4.24. The van der Waals surface area contributed by atoms with Gasteiger partial charge in [0.25, 0.3) is 0 Å². The standard InChI is InChI=1S/C3H5N3O2S/c4-9-6-1-2(7)5-3(6)8/h1,4H2,(H,5,7,8). The Hall–Kier alpha value is -0.750. The van der Waals surface area contributed by atoms with E-state index in [0.717, 1.165) is 16.4 Å². The van der Waals surface area contributed by atoms with E-state index in [-0.39, 0.29) is 12.5 Å². The summed E-state index contributed by atoms with van der Waals surface area (Å²) in [5.41, 5.74) is 0. The first-order valence-electron chi connectivity index (χ1n) is 2.22. The van der Waals surface area contributed by atoms with Gasteiger partial charge in [-0.25, -0.2) is 9.10 Å². The van der Waals surface area contributed by atoms with Crippen molar-refractivity contribution < 1.29 is 9.59 Å². The van der Waals surface area contributed by atoms with Crippen LogP contribution in [-0.2, 0) is 4.79 Å². The first-order valence-corrected chi connectivity index (χ1v) is 3.06. The lowest BCUT2D eigenvalue weighted by Gasteiger charge is -2.04. The molecule has 50 valence electrons. The van der Waals surface area contributed by atoms with Crippen molar-refractivity contribution in [1.29, 1.82) is 0 Å². The van der Waals surface area contributed by atoms with Crippen molar-refractivity contribution >= 4 is 24.1 Å². The molecule has 5 nitrogen and oxygen atoms in total. The number of carbonyl (C=O) groups excluding carboxylic acids is 2. The molecule has 1 rings (SSSR count). The molecule has 0 bridgehead atoms. The van der Waals surface area contributed by atoms with Crippen LogP contribution in [0.25, 0.3) is 0 Å². The highest BCUT2D eigenvalue weighted by Gasteiger charge is 2.25. The number of nitrogens with two attached hydrogens (primary N) is 1. The fourth-order valence-electron chi connectivity index (χ4n) is 0.509. The molecule has 1 aliphatic rings. The van der Waals surface area contributed by atoms with Crippen LogP contribution in [0.3, 0.4) is 0 Å². The first kappa shape index (κ1) is 6.37. The number of carbonyl (C=O) groups is 2. The largest absolute Gasteiger partial charge is 0.335 e. The van der Waals surface area contributed by atoms with Gasteiger partial charge in [-0.2, -0.15) is 0 Å². The maximum absolute atomic E-state index is 10.5. The molecule has 6 heteroatoms. The van der Waals surface area contributed by atoms with Crippen molar-refractivity contribution in [2.45, 2.75) is 0 Å². The van der Waals surface area contributed by atoms with Crippen LogP contribution >= 0.6 is 12.1 Å². The molecule has 1 fully saturated rings. The molecule has 1 heterocycles. The number of nitrogens with zero attached hydrogens (tertiary/aromatic N) is 1. The Morgan fingerprint density at radius 2 is 2.33 bits per heavy atom. The number of hydrogen-bond donors (Lipinski definition) is 2. The third-order valence-electron chi connectivity index (χ3n) is 0.887. The zero-order valence-electron chi connectivity index (χ0n) is 4.46. The van der Waals surface area contributed by atoms with E-state index >= 15 is 0 Å². The third-order valence-corrected chi connectivity index (χ3v) is 1.44. The van der Waals surface area contributed by atoms with Crippen LogP contribution in [0.2, 0.25) is 0 Å². The molecule has 0 saturated carbocycles. The van der Waals surface area contributed by atoms with Crippen LogP contribution in [0, 0.1) is 0 Å². The van der Waals surface area contributed by atoms with E-state index in [0.29, 0.717) is 0 Å². The second-order valence-electron chi connectivity index (χ2n) is 1.50. The van der Waals surface area contributed by atoms with Gasteiger partial charge < -0.3 is 0 Å². The van der Waals surface area contributed by atoms with Crippen molar-refractivity contribution in [3.63, 3.8) is 0 Å². The fraction of sp³-hybridized carbons (Fsp3) is 0.333. The molecule has 0 aliphatic carbocycles. The molecule has 3 N–H and O–H groups in total. The molecule has 0 aromatic carbocycles. The summed E-state index contributed by atoms with van der Waals surface area (Å²) in [5, 5.41) is 7.08.